The smallest absolute Gasteiger partial charge is 0.325 e. The minimum atomic E-state index is -0.0661. The van der Waals surface area contributed by atoms with E-state index in [4.69, 9.17) is 4.42 Å². The van der Waals surface area contributed by atoms with E-state index in [9.17, 15) is 0 Å². The Kier molecular flexibility index (Phi) is 8.10. The average molecular weight is 792 g/mol. The summed E-state index contributed by atoms with van der Waals surface area (Å²) >= 11 is 0. The van der Waals surface area contributed by atoms with E-state index in [1.165, 1.54) is 144 Å². The van der Waals surface area contributed by atoms with Gasteiger partial charge in [-0.1, -0.05) is 154 Å². The minimum Gasteiger partial charge on any atom is -0.456 e. The van der Waals surface area contributed by atoms with Crippen molar-refractivity contribution in [2.45, 2.75) is 103 Å². The van der Waals surface area contributed by atoms with Crippen molar-refractivity contribution in [1.82, 2.24) is 0 Å². The molecule has 1 aliphatic carbocycles. The lowest BCUT2D eigenvalue weighted by Crippen LogP contribution is -2.71. The van der Waals surface area contributed by atoms with Crippen LogP contribution >= 0.6 is 0 Å². The van der Waals surface area contributed by atoms with E-state index < -0.39 is 0 Å². The Labute approximate surface area is 361 Å². The monoisotopic (exact) mass is 791 g/mol. The van der Waals surface area contributed by atoms with Crippen LogP contribution in [0, 0.1) is 20.8 Å². The Bertz CT molecular complexity index is 3100. The molecule has 0 bridgehead atoms. The highest BCUT2D eigenvalue weighted by Gasteiger charge is 2.63. The fraction of sp³-hybridized carbons (Fsp3) is 0.276. The molecule has 0 amide bonds. The van der Waals surface area contributed by atoms with Crippen LogP contribution in [0.2, 0.25) is 0 Å². The lowest BCUT2D eigenvalue weighted by Gasteiger charge is -2.55. The molecule has 4 aliphatic rings. The Hall–Kier alpha value is -5.80. The third-order valence-electron chi connectivity index (χ3n) is 16.0. The Morgan fingerprint density at radius 1 is 0.689 bits per heavy atom. The lowest BCUT2D eigenvalue weighted by atomic mass is 9.38. The van der Waals surface area contributed by atoms with Crippen LogP contribution in [-0.4, -0.2) is 12.4 Å². The highest BCUT2D eigenvalue weighted by molar-refractivity contribution is 6.91. The van der Waals surface area contributed by atoms with E-state index >= 15 is 0 Å². The van der Waals surface area contributed by atoms with Crippen molar-refractivity contribution >= 4 is 45.4 Å². The standard InChI is InChI=1S/C58H54BNO/c1-7-8-17-38-24-25-42(45(32-38)39-18-10-9-11-19-39)52-47-34-40(51-36(3)30-35(2)31-37(51)4)33-46-43-21-16-22-48-55(43)60(58(6)29-15-14-28-57(48,58)5)59(54(46)47)49-27-26-44-41-20-12-13-23-50(41)61-56(44)53(49)52/h9-13,16,18-27,30-34,52H,7-8,14-15,17,28-29H2,1-6H3. The summed E-state index contributed by atoms with van der Waals surface area (Å²) in [6.07, 6.45) is 8.36. The molecule has 8 aromatic rings. The molecule has 1 aromatic heterocycles. The lowest BCUT2D eigenvalue weighted by molar-refractivity contribution is 0.199. The van der Waals surface area contributed by atoms with Gasteiger partial charge in [0.25, 0.3) is 0 Å². The van der Waals surface area contributed by atoms with Crippen LogP contribution in [0.25, 0.3) is 55.3 Å². The second-order valence-electron chi connectivity index (χ2n) is 19.5. The van der Waals surface area contributed by atoms with Crippen molar-refractivity contribution in [3.8, 4) is 33.4 Å². The van der Waals surface area contributed by atoms with Gasteiger partial charge in [-0.15, -0.1) is 0 Å². The van der Waals surface area contributed by atoms with Crippen LogP contribution in [-0.2, 0) is 11.8 Å². The van der Waals surface area contributed by atoms with Crippen LogP contribution in [0.4, 0.5) is 5.69 Å². The van der Waals surface area contributed by atoms with E-state index in [0.29, 0.717) is 0 Å². The molecule has 300 valence electrons. The molecule has 1 fully saturated rings. The summed E-state index contributed by atoms with van der Waals surface area (Å²) in [4.78, 5) is 2.96. The second-order valence-corrected chi connectivity index (χ2v) is 19.5. The van der Waals surface area contributed by atoms with E-state index in [1.54, 1.807) is 0 Å². The van der Waals surface area contributed by atoms with Gasteiger partial charge in [0.2, 0.25) is 0 Å². The first-order chi connectivity index (χ1) is 29.7. The number of para-hydroxylation sites is 2. The summed E-state index contributed by atoms with van der Waals surface area (Å²) in [6.45, 7) is 14.4. The second kappa shape index (κ2) is 13.4. The molecule has 3 aliphatic heterocycles. The fourth-order valence-corrected chi connectivity index (χ4v) is 13.2. The van der Waals surface area contributed by atoms with Crippen LogP contribution in [0.3, 0.4) is 0 Å². The number of nitrogens with zero attached hydrogens (tertiary/aromatic N) is 1. The number of hydrogen-bond donors (Lipinski definition) is 0. The van der Waals surface area contributed by atoms with E-state index in [2.05, 4.69) is 174 Å². The predicted molar refractivity (Wildman–Crippen MR) is 258 cm³/mol. The molecule has 0 N–H and O–H groups in total. The molecule has 3 atom stereocenters. The highest BCUT2D eigenvalue weighted by Crippen LogP contribution is 2.63. The van der Waals surface area contributed by atoms with Crippen LogP contribution in [0.5, 0.6) is 0 Å². The molecule has 1 saturated carbocycles. The van der Waals surface area contributed by atoms with Crippen molar-refractivity contribution < 1.29 is 4.42 Å². The first kappa shape index (κ1) is 37.0. The van der Waals surface area contributed by atoms with Gasteiger partial charge in [0.15, 0.2) is 0 Å². The third-order valence-corrected chi connectivity index (χ3v) is 16.0. The number of aryl methyl sites for hydroxylation is 4. The van der Waals surface area contributed by atoms with E-state index in [1.807, 2.05) is 0 Å². The largest absolute Gasteiger partial charge is 0.456 e. The number of anilines is 1. The quantitative estimate of drug-likeness (QED) is 0.156. The van der Waals surface area contributed by atoms with Gasteiger partial charge in [0.05, 0.1) is 0 Å². The SMILES string of the molecule is CCCCc1ccc(C2c3cc(-c4c(C)cc(C)cc4C)cc4c3B(c3ccc5c(oc6ccccc65)c32)N2c3c-4cccc3C3(C)CCCCC23C)c(-c2ccccc2)c1. The molecule has 4 heterocycles. The maximum absolute atomic E-state index is 7.23. The van der Waals surface area contributed by atoms with Crippen molar-refractivity contribution in [3.63, 3.8) is 0 Å². The van der Waals surface area contributed by atoms with Gasteiger partial charge in [0, 0.05) is 44.5 Å². The first-order valence-corrected chi connectivity index (χ1v) is 23.0. The van der Waals surface area contributed by atoms with Gasteiger partial charge in [-0.25, -0.2) is 0 Å². The highest BCUT2D eigenvalue weighted by atomic mass is 16.3. The zero-order valence-electron chi connectivity index (χ0n) is 36.6. The van der Waals surface area contributed by atoms with Crippen LogP contribution in [0.15, 0.2) is 132 Å². The number of hydrogen-bond acceptors (Lipinski definition) is 2. The number of furan rings is 1. The molecule has 0 spiro atoms. The number of benzene rings is 7. The fourth-order valence-electron chi connectivity index (χ4n) is 13.2. The summed E-state index contributed by atoms with van der Waals surface area (Å²) in [5, 5.41) is 2.39. The van der Waals surface area contributed by atoms with Gasteiger partial charge in [0.1, 0.15) is 11.2 Å². The molecule has 0 saturated heterocycles. The topological polar surface area (TPSA) is 16.4 Å². The van der Waals surface area contributed by atoms with Crippen LogP contribution in [0.1, 0.15) is 110 Å². The third kappa shape index (κ3) is 5.04. The molecular weight excluding hydrogens is 737 g/mol. The van der Waals surface area contributed by atoms with Gasteiger partial charge in [-0.3, -0.25) is 0 Å². The van der Waals surface area contributed by atoms with Gasteiger partial charge >= 0.3 is 6.85 Å². The summed E-state index contributed by atoms with van der Waals surface area (Å²) in [6, 6.07) is 49.5. The Morgan fingerprint density at radius 2 is 1.48 bits per heavy atom. The van der Waals surface area contributed by atoms with E-state index in [0.717, 1.165) is 17.6 Å². The van der Waals surface area contributed by atoms with Gasteiger partial charge < -0.3 is 9.23 Å². The van der Waals surface area contributed by atoms with Gasteiger partial charge in [-0.2, -0.15) is 0 Å². The maximum atomic E-state index is 7.23. The molecule has 3 heteroatoms. The van der Waals surface area contributed by atoms with Gasteiger partial charge in [-0.05, 0) is 138 Å². The zero-order valence-corrected chi connectivity index (χ0v) is 36.6. The maximum Gasteiger partial charge on any atom is 0.325 e. The average Bonchev–Trinajstić information content (AvgIpc) is 3.75. The summed E-state index contributed by atoms with van der Waals surface area (Å²) in [5.41, 5.74) is 25.4. The van der Waals surface area contributed by atoms with Crippen molar-refractivity contribution in [3.05, 3.63) is 172 Å². The van der Waals surface area contributed by atoms with Crippen molar-refractivity contribution in [2.75, 3.05) is 4.81 Å². The molecule has 61 heavy (non-hydrogen) atoms. The molecule has 12 rings (SSSR count). The molecule has 2 nitrogen and oxygen atoms in total. The predicted octanol–water partition coefficient (Wildman–Crippen LogP) is 13.9. The summed E-state index contributed by atoms with van der Waals surface area (Å²) in [5.74, 6) is -0.0661. The van der Waals surface area contributed by atoms with E-state index in [-0.39, 0.29) is 23.7 Å². The molecule has 3 unspecified atom stereocenters. The number of unbranched alkanes of at least 4 members (excludes halogenated alkanes) is 1. The molecular formula is C58H54BNO. The van der Waals surface area contributed by atoms with Crippen molar-refractivity contribution in [1.29, 1.82) is 0 Å². The molecule has 7 aromatic carbocycles. The number of fused-ring (bicyclic) bond motifs is 11. The zero-order chi connectivity index (χ0) is 41.4. The summed E-state index contributed by atoms with van der Waals surface area (Å²) in [7, 11) is 0. The normalized spacial score (nSPS) is 20.8. The van der Waals surface area contributed by atoms with Crippen molar-refractivity contribution in [2.24, 2.45) is 0 Å². The first-order valence-electron chi connectivity index (χ1n) is 23.0. The number of rotatable bonds is 6. The Morgan fingerprint density at radius 3 is 2.30 bits per heavy atom. The van der Waals surface area contributed by atoms with Crippen LogP contribution < -0.4 is 15.7 Å². The minimum absolute atomic E-state index is 0.0427. The summed E-state index contributed by atoms with van der Waals surface area (Å²) < 4.78 is 7.23. The Balaban J connectivity index is 1.26. The molecule has 0 radical (unpaired) electrons.